The van der Waals surface area contributed by atoms with Gasteiger partial charge in [0.15, 0.2) is 0 Å². The number of rotatable bonds is 7. The van der Waals surface area contributed by atoms with E-state index in [1.165, 1.54) is 31.8 Å². The molecule has 90 valence electrons. The van der Waals surface area contributed by atoms with E-state index < -0.39 is 0 Å². The van der Waals surface area contributed by atoms with Crippen molar-refractivity contribution in [3.05, 3.63) is 0 Å². The van der Waals surface area contributed by atoms with Crippen LogP contribution in [-0.4, -0.2) is 17.5 Å². The Morgan fingerprint density at radius 1 is 0.867 bits per heavy atom. The Kier molecular flexibility index (Phi) is 6.89. The molecule has 0 spiro atoms. The molecule has 1 heterocycles. The lowest BCUT2D eigenvalue weighted by Gasteiger charge is -2.24. The van der Waals surface area contributed by atoms with Gasteiger partial charge in [0.2, 0.25) is 0 Å². The molecule has 0 aromatic heterocycles. The molecule has 1 aliphatic rings. The highest BCUT2D eigenvalue weighted by Gasteiger charge is 2.32. The number of unbranched alkanes of at least 4 members (excludes halogenated alkanes) is 2. The SMILES string of the molecule is CCCCC1CCC(CCCC)P1CC. The Labute approximate surface area is 98.0 Å². The molecular formula is C14H29P. The van der Waals surface area contributed by atoms with Crippen molar-refractivity contribution in [2.24, 2.45) is 0 Å². The first kappa shape index (κ1) is 13.5. The van der Waals surface area contributed by atoms with Gasteiger partial charge in [-0.2, -0.15) is 0 Å². The van der Waals surface area contributed by atoms with E-state index in [9.17, 15) is 0 Å². The van der Waals surface area contributed by atoms with Gasteiger partial charge in [-0.1, -0.05) is 46.5 Å². The average molecular weight is 228 g/mol. The van der Waals surface area contributed by atoms with Crippen LogP contribution in [0.25, 0.3) is 0 Å². The van der Waals surface area contributed by atoms with Crippen LogP contribution < -0.4 is 0 Å². The van der Waals surface area contributed by atoms with E-state index in [1.54, 1.807) is 25.7 Å². The normalized spacial score (nSPS) is 31.0. The van der Waals surface area contributed by atoms with Crippen LogP contribution in [0, 0.1) is 0 Å². The molecule has 1 heteroatoms. The summed E-state index contributed by atoms with van der Waals surface area (Å²) in [6.45, 7) is 7.10. The molecule has 0 aromatic rings. The largest absolute Gasteiger partial charge is 0.101 e. The minimum atomic E-state index is 0.407. The first-order chi connectivity index (χ1) is 7.33. The lowest BCUT2D eigenvalue weighted by Crippen LogP contribution is -2.06. The molecule has 0 radical (unpaired) electrons. The fourth-order valence-corrected chi connectivity index (χ4v) is 6.65. The molecule has 15 heavy (non-hydrogen) atoms. The molecule has 1 fully saturated rings. The zero-order valence-electron chi connectivity index (χ0n) is 11.0. The van der Waals surface area contributed by atoms with Crippen LogP contribution in [0.15, 0.2) is 0 Å². The van der Waals surface area contributed by atoms with Gasteiger partial charge >= 0.3 is 0 Å². The Morgan fingerprint density at radius 3 is 1.67 bits per heavy atom. The van der Waals surface area contributed by atoms with Gasteiger partial charge in [-0.05, 0) is 43.2 Å². The summed E-state index contributed by atoms with van der Waals surface area (Å²) in [7, 11) is 0.407. The van der Waals surface area contributed by atoms with Crippen molar-refractivity contribution >= 4 is 7.92 Å². The van der Waals surface area contributed by atoms with Crippen molar-refractivity contribution in [2.45, 2.75) is 83.5 Å². The van der Waals surface area contributed by atoms with Crippen LogP contribution in [0.1, 0.15) is 72.1 Å². The molecule has 0 bridgehead atoms. The summed E-state index contributed by atoms with van der Waals surface area (Å²) in [5, 5.41) is 0. The van der Waals surface area contributed by atoms with Gasteiger partial charge in [0, 0.05) is 0 Å². The lowest BCUT2D eigenvalue weighted by molar-refractivity contribution is 0.618. The summed E-state index contributed by atoms with van der Waals surface area (Å²) in [6.07, 6.45) is 13.4. The maximum Gasteiger partial charge on any atom is -0.0207 e. The van der Waals surface area contributed by atoms with E-state index >= 15 is 0 Å². The molecule has 0 saturated carbocycles. The minimum absolute atomic E-state index is 0.407. The molecule has 0 amide bonds. The topological polar surface area (TPSA) is 0 Å². The van der Waals surface area contributed by atoms with Gasteiger partial charge in [0.05, 0.1) is 0 Å². The Hall–Kier alpha value is 0.430. The van der Waals surface area contributed by atoms with Gasteiger partial charge in [-0.15, -0.1) is 7.92 Å². The molecule has 1 saturated heterocycles. The Balaban J connectivity index is 2.35. The van der Waals surface area contributed by atoms with Gasteiger partial charge in [0.1, 0.15) is 0 Å². The van der Waals surface area contributed by atoms with Crippen molar-refractivity contribution < 1.29 is 0 Å². The van der Waals surface area contributed by atoms with E-state index in [2.05, 4.69) is 20.8 Å². The highest BCUT2D eigenvalue weighted by molar-refractivity contribution is 7.59. The maximum absolute atomic E-state index is 2.44. The Morgan fingerprint density at radius 2 is 1.33 bits per heavy atom. The smallest absolute Gasteiger partial charge is 0.0207 e. The second-order valence-corrected chi connectivity index (χ2v) is 8.12. The van der Waals surface area contributed by atoms with Crippen LogP contribution in [0.4, 0.5) is 0 Å². The van der Waals surface area contributed by atoms with E-state index in [1.807, 2.05) is 0 Å². The van der Waals surface area contributed by atoms with Crippen LogP contribution >= 0.6 is 7.92 Å². The molecule has 1 rings (SSSR count). The van der Waals surface area contributed by atoms with Gasteiger partial charge < -0.3 is 0 Å². The first-order valence-corrected chi connectivity index (χ1v) is 8.75. The fourth-order valence-electron chi connectivity index (χ4n) is 3.03. The first-order valence-electron chi connectivity index (χ1n) is 7.09. The van der Waals surface area contributed by atoms with Crippen molar-refractivity contribution in [1.82, 2.24) is 0 Å². The summed E-state index contributed by atoms with van der Waals surface area (Å²) in [5.74, 6) is 0. The third kappa shape index (κ3) is 4.06. The molecule has 0 aromatic carbocycles. The molecule has 0 N–H and O–H groups in total. The number of hydrogen-bond acceptors (Lipinski definition) is 0. The third-order valence-corrected chi connectivity index (χ3v) is 7.56. The van der Waals surface area contributed by atoms with Gasteiger partial charge in [0.25, 0.3) is 0 Å². The summed E-state index contributed by atoms with van der Waals surface area (Å²) >= 11 is 0. The van der Waals surface area contributed by atoms with Crippen molar-refractivity contribution in [2.75, 3.05) is 6.16 Å². The monoisotopic (exact) mass is 228 g/mol. The molecule has 2 unspecified atom stereocenters. The van der Waals surface area contributed by atoms with Crippen molar-refractivity contribution in [3.8, 4) is 0 Å². The summed E-state index contributed by atoms with van der Waals surface area (Å²) in [5.41, 5.74) is 2.29. The third-order valence-electron chi connectivity index (χ3n) is 3.92. The molecule has 0 nitrogen and oxygen atoms in total. The van der Waals surface area contributed by atoms with E-state index in [0.717, 1.165) is 11.3 Å². The summed E-state index contributed by atoms with van der Waals surface area (Å²) in [4.78, 5) is 0. The minimum Gasteiger partial charge on any atom is -0.101 e. The second kappa shape index (κ2) is 7.66. The average Bonchev–Trinajstić information content (AvgIpc) is 2.65. The molecule has 0 aliphatic carbocycles. The number of hydrogen-bond donors (Lipinski definition) is 0. The summed E-state index contributed by atoms with van der Waals surface area (Å²) < 4.78 is 0. The van der Waals surface area contributed by atoms with Crippen LogP contribution in [-0.2, 0) is 0 Å². The second-order valence-electron chi connectivity index (χ2n) is 5.00. The summed E-state index contributed by atoms with van der Waals surface area (Å²) in [6, 6.07) is 0. The zero-order valence-corrected chi connectivity index (χ0v) is 11.9. The fraction of sp³-hybridized carbons (Fsp3) is 1.00. The highest BCUT2D eigenvalue weighted by Crippen LogP contribution is 2.58. The predicted molar refractivity (Wildman–Crippen MR) is 73.3 cm³/mol. The standard InChI is InChI=1S/C14H29P/c1-4-7-9-13-11-12-14(10-8-5-2)15(13)6-3/h13-14H,4-12H2,1-3H3. The molecule has 1 aliphatic heterocycles. The maximum atomic E-state index is 2.44. The van der Waals surface area contributed by atoms with Crippen LogP contribution in [0.3, 0.4) is 0 Å². The Bertz CT molecular complexity index is 139. The highest BCUT2D eigenvalue weighted by atomic mass is 31.1. The van der Waals surface area contributed by atoms with Crippen LogP contribution in [0.5, 0.6) is 0 Å². The molecule has 2 atom stereocenters. The van der Waals surface area contributed by atoms with E-state index in [0.29, 0.717) is 7.92 Å². The molecular weight excluding hydrogens is 199 g/mol. The lowest BCUT2D eigenvalue weighted by atomic mass is 10.1. The van der Waals surface area contributed by atoms with E-state index in [-0.39, 0.29) is 0 Å². The van der Waals surface area contributed by atoms with Gasteiger partial charge in [-0.25, -0.2) is 0 Å². The zero-order chi connectivity index (χ0) is 11.1. The predicted octanol–water partition coefficient (Wildman–Crippen LogP) is 5.40. The van der Waals surface area contributed by atoms with Crippen molar-refractivity contribution in [3.63, 3.8) is 0 Å². The van der Waals surface area contributed by atoms with Crippen molar-refractivity contribution in [1.29, 1.82) is 0 Å². The van der Waals surface area contributed by atoms with Crippen LogP contribution in [0.2, 0.25) is 0 Å². The quantitative estimate of drug-likeness (QED) is 0.512. The van der Waals surface area contributed by atoms with E-state index in [4.69, 9.17) is 0 Å². The van der Waals surface area contributed by atoms with Gasteiger partial charge in [-0.3, -0.25) is 0 Å².